The smallest absolute Gasteiger partial charge is 0.131 e. The van der Waals surface area contributed by atoms with Gasteiger partial charge in [0.2, 0.25) is 0 Å². The average Bonchev–Trinajstić information content (AvgIpc) is 2.34. The lowest BCUT2D eigenvalue weighted by Gasteiger charge is -2.18. The zero-order chi connectivity index (χ0) is 12.7. The molecule has 0 aliphatic heterocycles. The Hall–Kier alpha value is -1.35. The summed E-state index contributed by atoms with van der Waals surface area (Å²) in [5.41, 5.74) is 0.666. The molecule has 0 fully saturated rings. The average molecular weight is 237 g/mol. The number of rotatable bonds is 7. The van der Waals surface area contributed by atoms with E-state index in [0.717, 1.165) is 13.0 Å². The maximum Gasteiger partial charge on any atom is 0.131 e. The Kier molecular flexibility index (Phi) is 5.70. The number of hydrogen-bond donors (Lipinski definition) is 1. The minimum atomic E-state index is -0.236. The first-order valence-electron chi connectivity index (χ1n) is 5.90. The van der Waals surface area contributed by atoms with Crippen molar-refractivity contribution in [1.29, 1.82) is 0 Å². The molecule has 0 heterocycles. The molecule has 17 heavy (non-hydrogen) atoms. The summed E-state index contributed by atoms with van der Waals surface area (Å²) in [5.74, 6) is 0.305. The van der Waals surface area contributed by atoms with Gasteiger partial charge in [0.05, 0.1) is 7.11 Å². The summed E-state index contributed by atoms with van der Waals surface area (Å²) >= 11 is 0. The van der Waals surface area contributed by atoms with Gasteiger partial charge in [-0.2, -0.15) is 0 Å². The molecule has 0 bridgehead atoms. The molecule has 1 aromatic carbocycles. The molecule has 94 valence electrons. The fraction of sp³-hybridized carbons (Fsp3) is 0.429. The third-order valence-electron chi connectivity index (χ3n) is 2.63. The first-order valence-corrected chi connectivity index (χ1v) is 5.90. The highest BCUT2D eigenvalue weighted by Crippen LogP contribution is 2.24. The van der Waals surface area contributed by atoms with Crippen LogP contribution < -0.4 is 10.1 Å². The lowest BCUT2D eigenvalue weighted by Crippen LogP contribution is -2.22. The fourth-order valence-corrected chi connectivity index (χ4v) is 1.72. The van der Waals surface area contributed by atoms with Crippen LogP contribution in [-0.2, 0) is 0 Å². The van der Waals surface area contributed by atoms with E-state index in [2.05, 4.69) is 18.8 Å². The van der Waals surface area contributed by atoms with Crippen molar-refractivity contribution in [1.82, 2.24) is 5.32 Å². The zero-order valence-corrected chi connectivity index (χ0v) is 10.5. The summed E-state index contributed by atoms with van der Waals surface area (Å²) < 4.78 is 18.9. The van der Waals surface area contributed by atoms with Crippen LogP contribution in [0.2, 0.25) is 0 Å². The van der Waals surface area contributed by atoms with E-state index in [1.807, 2.05) is 0 Å². The van der Waals surface area contributed by atoms with E-state index < -0.39 is 0 Å². The molecule has 0 aromatic heterocycles. The molecule has 0 aliphatic carbocycles. The molecule has 1 atom stereocenters. The van der Waals surface area contributed by atoms with Crippen LogP contribution in [0.4, 0.5) is 4.39 Å². The molecule has 0 aliphatic rings. The van der Waals surface area contributed by atoms with Gasteiger partial charge >= 0.3 is 0 Å². The van der Waals surface area contributed by atoms with Gasteiger partial charge in [-0.3, -0.25) is 0 Å². The zero-order valence-electron chi connectivity index (χ0n) is 10.5. The number of nitrogens with one attached hydrogen (secondary N) is 1. The van der Waals surface area contributed by atoms with Crippen LogP contribution >= 0.6 is 0 Å². The number of benzene rings is 1. The predicted octanol–water partition coefficient (Wildman–Crippen LogP) is 3.45. The van der Waals surface area contributed by atoms with Crippen molar-refractivity contribution in [3.8, 4) is 5.75 Å². The highest BCUT2D eigenvalue weighted by atomic mass is 19.1. The third-order valence-corrected chi connectivity index (χ3v) is 2.63. The molecule has 0 saturated heterocycles. The molecule has 0 amide bonds. The first kappa shape index (κ1) is 13.7. The van der Waals surface area contributed by atoms with Crippen molar-refractivity contribution in [2.75, 3.05) is 13.7 Å². The number of methoxy groups -OCH3 is 1. The van der Waals surface area contributed by atoms with Gasteiger partial charge < -0.3 is 10.1 Å². The summed E-state index contributed by atoms with van der Waals surface area (Å²) in [4.78, 5) is 0. The second kappa shape index (κ2) is 7.07. The Morgan fingerprint density at radius 3 is 2.82 bits per heavy atom. The predicted molar refractivity (Wildman–Crippen MR) is 68.8 cm³/mol. The second-order valence-corrected chi connectivity index (χ2v) is 3.92. The number of halogens is 1. The molecule has 1 rings (SSSR count). The molecule has 0 spiro atoms. The Balaban J connectivity index is 2.88. The quantitative estimate of drug-likeness (QED) is 0.733. The van der Waals surface area contributed by atoms with Crippen LogP contribution in [0.3, 0.4) is 0 Å². The highest BCUT2D eigenvalue weighted by molar-refractivity contribution is 5.31. The van der Waals surface area contributed by atoms with E-state index in [-0.39, 0.29) is 11.9 Å². The Morgan fingerprint density at radius 1 is 1.53 bits per heavy atom. The van der Waals surface area contributed by atoms with Crippen molar-refractivity contribution in [2.45, 2.75) is 25.8 Å². The molecule has 1 N–H and O–H groups in total. The van der Waals surface area contributed by atoms with Gasteiger partial charge in [0.1, 0.15) is 11.6 Å². The molecule has 0 radical (unpaired) electrons. The van der Waals surface area contributed by atoms with Crippen LogP contribution in [0.1, 0.15) is 31.4 Å². The molecular weight excluding hydrogens is 217 g/mol. The lowest BCUT2D eigenvalue weighted by molar-refractivity contribution is 0.409. The third kappa shape index (κ3) is 3.86. The van der Waals surface area contributed by atoms with Crippen molar-refractivity contribution in [3.63, 3.8) is 0 Å². The van der Waals surface area contributed by atoms with Crippen LogP contribution in [0.25, 0.3) is 0 Å². The van der Waals surface area contributed by atoms with Crippen molar-refractivity contribution in [3.05, 3.63) is 42.2 Å². The molecule has 1 aromatic rings. The van der Waals surface area contributed by atoms with E-state index in [9.17, 15) is 4.39 Å². The van der Waals surface area contributed by atoms with Gasteiger partial charge in [0.15, 0.2) is 0 Å². The van der Waals surface area contributed by atoms with Gasteiger partial charge in [-0.1, -0.05) is 19.1 Å². The lowest BCUT2D eigenvalue weighted by atomic mass is 10.0. The van der Waals surface area contributed by atoms with Gasteiger partial charge in [0, 0.05) is 17.7 Å². The van der Waals surface area contributed by atoms with Gasteiger partial charge in [-0.05, 0) is 25.5 Å². The highest BCUT2D eigenvalue weighted by Gasteiger charge is 2.14. The minimum absolute atomic E-state index is 0.0154. The topological polar surface area (TPSA) is 21.3 Å². The van der Waals surface area contributed by atoms with E-state index in [1.54, 1.807) is 18.2 Å². The number of hydrogen-bond acceptors (Lipinski definition) is 2. The van der Waals surface area contributed by atoms with Crippen LogP contribution in [0, 0.1) is 5.82 Å². The summed E-state index contributed by atoms with van der Waals surface area (Å²) in [6.45, 7) is 6.66. The summed E-state index contributed by atoms with van der Waals surface area (Å²) in [6.07, 6.45) is 3.53. The molecule has 0 saturated carbocycles. The molecular formula is C14H20FNO. The van der Waals surface area contributed by atoms with Gasteiger partial charge in [0.25, 0.3) is 0 Å². The standard InChI is InChI=1S/C14H20FNO/c1-4-6-14(16-9-5-2)12-8-7-11(17-3)10-13(12)15/h4,7-8,10,14,16H,1,5-6,9H2,2-3H3. The summed E-state index contributed by atoms with van der Waals surface area (Å²) in [5, 5.41) is 3.31. The summed E-state index contributed by atoms with van der Waals surface area (Å²) in [7, 11) is 1.53. The van der Waals surface area contributed by atoms with E-state index in [4.69, 9.17) is 4.74 Å². The second-order valence-electron chi connectivity index (χ2n) is 3.92. The van der Waals surface area contributed by atoms with Crippen LogP contribution in [-0.4, -0.2) is 13.7 Å². The Labute approximate surface area is 102 Å². The molecule has 2 nitrogen and oxygen atoms in total. The minimum Gasteiger partial charge on any atom is -0.497 e. The van der Waals surface area contributed by atoms with E-state index in [1.165, 1.54) is 13.2 Å². The Morgan fingerprint density at radius 2 is 2.29 bits per heavy atom. The Bertz CT molecular complexity index is 365. The molecule has 3 heteroatoms. The van der Waals surface area contributed by atoms with Gasteiger partial charge in [-0.15, -0.1) is 6.58 Å². The van der Waals surface area contributed by atoms with Crippen molar-refractivity contribution < 1.29 is 9.13 Å². The first-order chi connectivity index (χ1) is 8.22. The summed E-state index contributed by atoms with van der Waals surface area (Å²) in [6, 6.07) is 4.95. The maximum atomic E-state index is 13.9. The molecule has 1 unspecified atom stereocenters. The normalized spacial score (nSPS) is 12.2. The fourth-order valence-electron chi connectivity index (χ4n) is 1.72. The van der Waals surface area contributed by atoms with Crippen LogP contribution in [0.5, 0.6) is 5.75 Å². The van der Waals surface area contributed by atoms with Crippen molar-refractivity contribution >= 4 is 0 Å². The van der Waals surface area contributed by atoms with E-state index >= 15 is 0 Å². The maximum absolute atomic E-state index is 13.9. The largest absolute Gasteiger partial charge is 0.497 e. The SMILES string of the molecule is C=CCC(NCCC)c1ccc(OC)cc1F. The van der Waals surface area contributed by atoms with Crippen molar-refractivity contribution in [2.24, 2.45) is 0 Å². The van der Waals surface area contributed by atoms with Crippen LogP contribution in [0.15, 0.2) is 30.9 Å². The van der Waals surface area contributed by atoms with E-state index in [0.29, 0.717) is 17.7 Å². The monoisotopic (exact) mass is 237 g/mol. The van der Waals surface area contributed by atoms with Gasteiger partial charge in [-0.25, -0.2) is 4.39 Å². The number of ether oxygens (including phenoxy) is 1.